The van der Waals surface area contributed by atoms with Crippen LogP contribution in [-0.2, 0) is 0 Å². The fraction of sp³-hybridized carbons (Fsp3) is 0.227. The largest absolute Gasteiger partial charge is 0.332 e. The van der Waals surface area contributed by atoms with Gasteiger partial charge in [-0.15, -0.1) is 0 Å². The van der Waals surface area contributed by atoms with Gasteiger partial charge in [0.05, 0.1) is 11.4 Å². The molecule has 1 aliphatic heterocycles. The van der Waals surface area contributed by atoms with Crippen molar-refractivity contribution in [3.05, 3.63) is 76.6 Å². The molecule has 0 aliphatic carbocycles. The Balaban J connectivity index is 1.70. The Bertz CT molecular complexity index is 1070. The number of aromatic amines is 1. The Hall–Kier alpha value is -3.19. The topological polar surface area (TPSA) is 74.2 Å². The lowest BCUT2D eigenvalue weighted by atomic mass is 10.1. The van der Waals surface area contributed by atoms with Crippen molar-refractivity contribution >= 4 is 34.5 Å². The predicted molar refractivity (Wildman–Crippen MR) is 123 cm³/mol. The number of para-hydroxylation sites is 2. The van der Waals surface area contributed by atoms with Gasteiger partial charge in [-0.3, -0.25) is 14.9 Å². The van der Waals surface area contributed by atoms with Crippen molar-refractivity contribution in [3.8, 4) is 5.69 Å². The van der Waals surface area contributed by atoms with Gasteiger partial charge in [0.15, 0.2) is 5.11 Å². The van der Waals surface area contributed by atoms with Crippen molar-refractivity contribution in [2.24, 2.45) is 4.99 Å². The number of nitrogens with zero attached hydrogens (tertiary/aromatic N) is 2. The van der Waals surface area contributed by atoms with Crippen LogP contribution in [-0.4, -0.2) is 27.1 Å². The van der Waals surface area contributed by atoms with Gasteiger partial charge in [-0.05, 0) is 55.7 Å². The standard InChI is InChI=1S/C22H23N5OS/c28-21-19(18-14-8-3-9-15-23-18)20(26-27(21)17-12-6-2-7-13-17)25-22(29)24-16-10-4-1-5-11-16/h1-2,4-7,10-13,26H,3,8-9,14-15H2,(H2,24,25,29). The smallest absolute Gasteiger partial charge is 0.282 e. The third-order valence-electron chi connectivity index (χ3n) is 4.84. The number of hydrogen-bond acceptors (Lipinski definition) is 3. The highest BCUT2D eigenvalue weighted by molar-refractivity contribution is 7.80. The van der Waals surface area contributed by atoms with Gasteiger partial charge in [0, 0.05) is 12.2 Å². The number of benzene rings is 2. The molecule has 0 atom stereocenters. The van der Waals surface area contributed by atoms with Gasteiger partial charge < -0.3 is 10.6 Å². The molecule has 2 aromatic carbocycles. The van der Waals surface area contributed by atoms with Crippen molar-refractivity contribution in [2.45, 2.75) is 25.7 Å². The summed E-state index contributed by atoms with van der Waals surface area (Å²) in [4.78, 5) is 18.0. The molecule has 0 unspecified atom stereocenters. The first-order valence-electron chi connectivity index (χ1n) is 9.79. The van der Waals surface area contributed by atoms with E-state index < -0.39 is 0 Å². The molecule has 0 spiro atoms. The van der Waals surface area contributed by atoms with E-state index in [-0.39, 0.29) is 5.56 Å². The fourth-order valence-electron chi connectivity index (χ4n) is 3.43. The lowest BCUT2D eigenvalue weighted by Gasteiger charge is -2.11. The summed E-state index contributed by atoms with van der Waals surface area (Å²) >= 11 is 5.48. The molecule has 0 saturated carbocycles. The minimum Gasteiger partial charge on any atom is -0.332 e. The number of anilines is 2. The number of thiocarbonyl (C=S) groups is 1. The van der Waals surface area contributed by atoms with Crippen LogP contribution in [0.25, 0.3) is 5.69 Å². The molecule has 0 bridgehead atoms. The van der Waals surface area contributed by atoms with E-state index in [0.29, 0.717) is 16.5 Å². The highest BCUT2D eigenvalue weighted by Gasteiger charge is 2.21. The molecule has 1 aromatic heterocycles. The van der Waals surface area contributed by atoms with E-state index in [9.17, 15) is 4.79 Å². The number of aliphatic imine (C=N–C) groups is 1. The number of aromatic nitrogens is 2. The third-order valence-corrected chi connectivity index (χ3v) is 5.04. The van der Waals surface area contributed by atoms with Crippen molar-refractivity contribution in [3.63, 3.8) is 0 Å². The summed E-state index contributed by atoms with van der Waals surface area (Å²) in [7, 11) is 0. The predicted octanol–water partition coefficient (Wildman–Crippen LogP) is 4.34. The van der Waals surface area contributed by atoms with Gasteiger partial charge in [-0.25, -0.2) is 4.68 Å². The van der Waals surface area contributed by atoms with Crippen molar-refractivity contribution in [2.75, 3.05) is 17.2 Å². The summed E-state index contributed by atoms with van der Waals surface area (Å²) in [6.07, 6.45) is 3.99. The minimum absolute atomic E-state index is 0.123. The van der Waals surface area contributed by atoms with Crippen LogP contribution in [0.1, 0.15) is 31.2 Å². The molecule has 3 aromatic rings. The molecule has 7 heteroatoms. The molecule has 2 heterocycles. The summed E-state index contributed by atoms with van der Waals surface area (Å²) in [5, 5.41) is 9.92. The lowest BCUT2D eigenvalue weighted by Crippen LogP contribution is -2.23. The fourth-order valence-corrected chi connectivity index (χ4v) is 3.65. The van der Waals surface area contributed by atoms with Crippen LogP contribution < -0.4 is 16.2 Å². The first-order chi connectivity index (χ1) is 14.2. The second-order valence-electron chi connectivity index (χ2n) is 6.92. The lowest BCUT2D eigenvalue weighted by molar-refractivity contribution is 0.731. The Morgan fingerprint density at radius 2 is 1.69 bits per heavy atom. The Kier molecular flexibility index (Phi) is 5.86. The number of hydrogen-bond donors (Lipinski definition) is 3. The molecule has 4 rings (SSSR count). The van der Waals surface area contributed by atoms with Gasteiger partial charge >= 0.3 is 0 Å². The van der Waals surface area contributed by atoms with Crippen LogP contribution in [0.5, 0.6) is 0 Å². The molecule has 3 N–H and O–H groups in total. The first-order valence-corrected chi connectivity index (χ1v) is 10.2. The summed E-state index contributed by atoms with van der Waals surface area (Å²) in [6, 6.07) is 19.2. The zero-order chi connectivity index (χ0) is 20.1. The van der Waals surface area contributed by atoms with Gasteiger partial charge in [0.1, 0.15) is 11.4 Å². The molecule has 0 amide bonds. The van der Waals surface area contributed by atoms with Gasteiger partial charge in [0.2, 0.25) is 0 Å². The van der Waals surface area contributed by atoms with Crippen LogP contribution in [0.2, 0.25) is 0 Å². The average Bonchev–Trinajstić information content (AvgIpc) is 2.90. The van der Waals surface area contributed by atoms with Gasteiger partial charge in [-0.2, -0.15) is 0 Å². The van der Waals surface area contributed by atoms with Crippen LogP contribution in [0.15, 0.2) is 70.5 Å². The minimum atomic E-state index is -0.123. The Labute approximate surface area is 174 Å². The molecule has 0 radical (unpaired) electrons. The monoisotopic (exact) mass is 405 g/mol. The quantitative estimate of drug-likeness (QED) is 0.565. The summed E-state index contributed by atoms with van der Waals surface area (Å²) in [6.45, 7) is 0.747. The highest BCUT2D eigenvalue weighted by Crippen LogP contribution is 2.19. The zero-order valence-corrected chi connectivity index (χ0v) is 16.8. The molecular weight excluding hydrogens is 382 g/mol. The van der Waals surface area contributed by atoms with E-state index in [2.05, 4.69) is 15.7 Å². The maximum Gasteiger partial charge on any atom is 0.282 e. The van der Waals surface area contributed by atoms with Crippen molar-refractivity contribution in [1.82, 2.24) is 9.78 Å². The molecule has 0 fully saturated rings. The maximum absolute atomic E-state index is 13.3. The molecule has 6 nitrogen and oxygen atoms in total. The van der Waals surface area contributed by atoms with E-state index in [1.54, 1.807) is 0 Å². The molecule has 1 aliphatic rings. The van der Waals surface area contributed by atoms with E-state index in [1.165, 1.54) is 4.68 Å². The molecule has 148 valence electrons. The van der Waals surface area contributed by atoms with Crippen molar-refractivity contribution < 1.29 is 0 Å². The SMILES string of the molecule is O=c1c(C2=NCCCCC2)c(NC(=S)Nc2ccccc2)[nH]n1-c1ccccc1. The normalized spacial score (nSPS) is 14.0. The van der Waals surface area contributed by atoms with Crippen molar-refractivity contribution in [1.29, 1.82) is 0 Å². The second kappa shape index (κ2) is 8.87. The van der Waals surface area contributed by atoms with E-state index in [1.807, 2.05) is 60.7 Å². The Morgan fingerprint density at radius 3 is 2.45 bits per heavy atom. The maximum atomic E-state index is 13.3. The summed E-state index contributed by atoms with van der Waals surface area (Å²) in [5.41, 5.74) is 2.92. The summed E-state index contributed by atoms with van der Waals surface area (Å²) in [5.74, 6) is 0.563. The second-order valence-corrected chi connectivity index (χ2v) is 7.33. The highest BCUT2D eigenvalue weighted by atomic mass is 32.1. The number of rotatable bonds is 4. The average molecular weight is 406 g/mol. The van der Waals surface area contributed by atoms with Gasteiger partial charge in [-0.1, -0.05) is 42.8 Å². The van der Waals surface area contributed by atoms with Crippen LogP contribution in [0, 0.1) is 0 Å². The molecular formula is C22H23N5OS. The third kappa shape index (κ3) is 4.46. The van der Waals surface area contributed by atoms with E-state index in [4.69, 9.17) is 17.2 Å². The van der Waals surface area contributed by atoms with E-state index in [0.717, 1.165) is 49.3 Å². The van der Waals surface area contributed by atoms with Gasteiger partial charge in [0.25, 0.3) is 5.56 Å². The van der Waals surface area contributed by atoms with E-state index >= 15 is 0 Å². The number of nitrogens with one attached hydrogen (secondary N) is 3. The Morgan fingerprint density at radius 1 is 0.966 bits per heavy atom. The molecule has 0 saturated heterocycles. The van der Waals surface area contributed by atoms with Crippen LogP contribution in [0.3, 0.4) is 0 Å². The van der Waals surface area contributed by atoms with Crippen LogP contribution >= 0.6 is 12.2 Å². The van der Waals surface area contributed by atoms with Crippen LogP contribution in [0.4, 0.5) is 11.5 Å². The number of H-pyrrole nitrogens is 1. The summed E-state index contributed by atoms with van der Waals surface area (Å²) < 4.78 is 1.54. The molecule has 29 heavy (non-hydrogen) atoms. The zero-order valence-electron chi connectivity index (χ0n) is 16.0. The first kappa shape index (κ1) is 19.1.